The lowest BCUT2D eigenvalue weighted by Gasteiger charge is -2.17. The summed E-state index contributed by atoms with van der Waals surface area (Å²) < 4.78 is 2.00. The van der Waals surface area contributed by atoms with Crippen molar-refractivity contribution in [2.75, 3.05) is 29.4 Å². The zero-order valence-corrected chi connectivity index (χ0v) is 13.2. The summed E-state index contributed by atoms with van der Waals surface area (Å²) in [5.74, 6) is 1.18. The van der Waals surface area contributed by atoms with Crippen molar-refractivity contribution in [3.8, 4) is 0 Å². The lowest BCUT2D eigenvalue weighted by Crippen LogP contribution is -2.23. The van der Waals surface area contributed by atoms with Crippen LogP contribution in [-0.2, 0) is 4.79 Å². The molecule has 0 aromatic carbocycles. The molecule has 1 amide bonds. The molecule has 2 saturated heterocycles. The van der Waals surface area contributed by atoms with E-state index in [2.05, 4.69) is 20.0 Å². The molecule has 0 bridgehead atoms. The molecule has 1 atom stereocenters. The van der Waals surface area contributed by atoms with Crippen LogP contribution in [0.4, 0.5) is 11.5 Å². The zero-order valence-electron chi connectivity index (χ0n) is 13.2. The van der Waals surface area contributed by atoms with Crippen molar-refractivity contribution in [3.63, 3.8) is 0 Å². The molecule has 2 aliphatic rings. The molecule has 2 aromatic heterocycles. The third kappa shape index (κ3) is 2.67. The zero-order chi connectivity index (χ0) is 15.8. The van der Waals surface area contributed by atoms with Crippen molar-refractivity contribution in [2.24, 2.45) is 0 Å². The Bertz CT molecular complexity index is 727. The minimum atomic E-state index is 0.203. The quantitative estimate of drug-likeness (QED) is 0.860. The number of hydrogen-bond acceptors (Lipinski definition) is 5. The fourth-order valence-corrected chi connectivity index (χ4v) is 3.37. The number of carbonyl (C=O) groups is 1. The highest BCUT2D eigenvalue weighted by Gasteiger charge is 2.28. The normalized spacial score (nSPS) is 21.4. The van der Waals surface area contributed by atoms with Crippen LogP contribution in [0, 0.1) is 6.92 Å². The predicted octanol–water partition coefficient (Wildman–Crippen LogP) is 1.56. The Morgan fingerprint density at radius 1 is 1.26 bits per heavy atom. The molecule has 0 N–H and O–H groups in total. The van der Waals surface area contributed by atoms with Gasteiger partial charge in [0.25, 0.3) is 0 Å². The third-order valence-corrected chi connectivity index (χ3v) is 4.62. The highest BCUT2D eigenvalue weighted by Crippen LogP contribution is 2.28. The molecule has 2 aromatic rings. The van der Waals surface area contributed by atoms with Crippen LogP contribution in [0.1, 0.15) is 31.0 Å². The lowest BCUT2D eigenvalue weighted by molar-refractivity contribution is -0.117. The number of carbonyl (C=O) groups excluding carboxylic acids is 1. The monoisotopic (exact) mass is 312 g/mol. The number of aromatic nitrogens is 4. The van der Waals surface area contributed by atoms with Gasteiger partial charge in [0.2, 0.25) is 5.91 Å². The van der Waals surface area contributed by atoms with Gasteiger partial charge in [0, 0.05) is 44.0 Å². The molecule has 1 unspecified atom stereocenters. The fraction of sp³-hybridized carbons (Fsp3) is 0.500. The second kappa shape index (κ2) is 5.64. The summed E-state index contributed by atoms with van der Waals surface area (Å²) in [6.45, 7) is 4.62. The highest BCUT2D eigenvalue weighted by atomic mass is 16.2. The predicted molar refractivity (Wildman–Crippen MR) is 86.5 cm³/mol. The standard InChI is InChI=1S/C16H20N6O/c1-12-7-15(18-11-17-12)20-6-4-13(9-20)22-10-14(8-19-22)21-5-2-3-16(21)23/h7-8,10-11,13H,2-6,9H2,1H3. The van der Waals surface area contributed by atoms with Crippen molar-refractivity contribution >= 4 is 17.4 Å². The van der Waals surface area contributed by atoms with Gasteiger partial charge in [-0.3, -0.25) is 9.48 Å². The maximum Gasteiger partial charge on any atom is 0.227 e. The van der Waals surface area contributed by atoms with Crippen LogP contribution in [0.25, 0.3) is 0 Å². The van der Waals surface area contributed by atoms with Gasteiger partial charge in [-0.15, -0.1) is 0 Å². The molecular weight excluding hydrogens is 292 g/mol. The van der Waals surface area contributed by atoms with Gasteiger partial charge in [0.1, 0.15) is 12.1 Å². The van der Waals surface area contributed by atoms with Gasteiger partial charge < -0.3 is 9.80 Å². The van der Waals surface area contributed by atoms with Crippen LogP contribution in [-0.4, -0.2) is 45.3 Å². The van der Waals surface area contributed by atoms with Crippen LogP contribution in [0.15, 0.2) is 24.8 Å². The molecule has 23 heavy (non-hydrogen) atoms. The van der Waals surface area contributed by atoms with Gasteiger partial charge in [-0.25, -0.2) is 9.97 Å². The average Bonchev–Trinajstić information content (AvgIpc) is 3.26. The molecule has 7 nitrogen and oxygen atoms in total. The van der Waals surface area contributed by atoms with Crippen molar-refractivity contribution in [3.05, 3.63) is 30.5 Å². The summed E-state index contributed by atoms with van der Waals surface area (Å²) in [6, 6.07) is 2.33. The van der Waals surface area contributed by atoms with Gasteiger partial charge in [-0.2, -0.15) is 5.10 Å². The lowest BCUT2D eigenvalue weighted by atomic mass is 10.3. The van der Waals surface area contributed by atoms with Crippen molar-refractivity contribution < 1.29 is 4.79 Å². The molecule has 120 valence electrons. The maximum atomic E-state index is 11.8. The van der Waals surface area contributed by atoms with E-state index in [0.29, 0.717) is 12.5 Å². The minimum absolute atomic E-state index is 0.203. The van der Waals surface area contributed by atoms with Crippen molar-refractivity contribution in [1.29, 1.82) is 0 Å². The van der Waals surface area contributed by atoms with Crippen LogP contribution < -0.4 is 9.80 Å². The van der Waals surface area contributed by atoms with E-state index in [1.54, 1.807) is 12.5 Å². The first-order chi connectivity index (χ1) is 11.2. The molecule has 0 radical (unpaired) electrons. The number of nitrogens with zero attached hydrogens (tertiary/aromatic N) is 6. The average molecular weight is 312 g/mol. The Morgan fingerprint density at radius 2 is 2.17 bits per heavy atom. The Kier molecular flexibility index (Phi) is 3.48. The maximum absolute atomic E-state index is 11.8. The van der Waals surface area contributed by atoms with E-state index in [0.717, 1.165) is 49.7 Å². The van der Waals surface area contributed by atoms with Gasteiger partial charge in [-0.1, -0.05) is 0 Å². The first kappa shape index (κ1) is 14.2. The first-order valence-corrected chi connectivity index (χ1v) is 8.09. The summed E-state index contributed by atoms with van der Waals surface area (Å²) in [6.07, 6.45) is 8.04. The van der Waals surface area contributed by atoms with E-state index >= 15 is 0 Å². The second-order valence-corrected chi connectivity index (χ2v) is 6.23. The van der Waals surface area contributed by atoms with E-state index in [-0.39, 0.29) is 5.91 Å². The molecule has 0 aliphatic carbocycles. The van der Waals surface area contributed by atoms with E-state index in [1.165, 1.54) is 0 Å². The fourth-order valence-electron chi connectivity index (χ4n) is 3.37. The molecular formula is C16H20N6O. The topological polar surface area (TPSA) is 67.2 Å². The van der Waals surface area contributed by atoms with Gasteiger partial charge in [0.05, 0.1) is 17.9 Å². The van der Waals surface area contributed by atoms with E-state index in [9.17, 15) is 4.79 Å². The first-order valence-electron chi connectivity index (χ1n) is 8.09. The molecule has 7 heteroatoms. The van der Waals surface area contributed by atoms with Crippen LogP contribution in [0.5, 0.6) is 0 Å². The molecule has 4 rings (SSSR count). The van der Waals surface area contributed by atoms with E-state index in [1.807, 2.05) is 28.8 Å². The van der Waals surface area contributed by atoms with Crippen LogP contribution in [0.2, 0.25) is 0 Å². The number of amides is 1. The van der Waals surface area contributed by atoms with Crippen molar-refractivity contribution in [1.82, 2.24) is 19.7 Å². The molecule has 0 spiro atoms. The minimum Gasteiger partial charge on any atom is -0.354 e. The smallest absolute Gasteiger partial charge is 0.227 e. The largest absolute Gasteiger partial charge is 0.354 e. The summed E-state index contributed by atoms with van der Waals surface area (Å²) in [7, 11) is 0. The van der Waals surface area contributed by atoms with Gasteiger partial charge >= 0.3 is 0 Å². The number of rotatable bonds is 3. The van der Waals surface area contributed by atoms with Crippen LogP contribution >= 0.6 is 0 Å². The van der Waals surface area contributed by atoms with E-state index in [4.69, 9.17) is 0 Å². The number of anilines is 2. The summed E-state index contributed by atoms with van der Waals surface area (Å²) in [5, 5.41) is 4.49. The Balaban J connectivity index is 1.48. The molecule has 4 heterocycles. The van der Waals surface area contributed by atoms with Crippen LogP contribution in [0.3, 0.4) is 0 Å². The van der Waals surface area contributed by atoms with Gasteiger partial charge in [-0.05, 0) is 19.8 Å². The molecule has 2 fully saturated rings. The molecule has 0 saturated carbocycles. The summed E-state index contributed by atoms with van der Waals surface area (Å²) in [4.78, 5) is 24.5. The number of aryl methyl sites for hydroxylation is 1. The molecule has 2 aliphatic heterocycles. The Hall–Kier alpha value is -2.44. The van der Waals surface area contributed by atoms with Gasteiger partial charge in [0.15, 0.2) is 0 Å². The SMILES string of the molecule is Cc1cc(N2CCC(n3cc(N4CCCC4=O)cn3)C2)ncn1. The number of hydrogen-bond donors (Lipinski definition) is 0. The van der Waals surface area contributed by atoms with Crippen molar-refractivity contribution in [2.45, 2.75) is 32.2 Å². The second-order valence-electron chi connectivity index (χ2n) is 6.23. The highest BCUT2D eigenvalue weighted by molar-refractivity contribution is 5.95. The van der Waals surface area contributed by atoms with E-state index < -0.39 is 0 Å². The Morgan fingerprint density at radius 3 is 2.96 bits per heavy atom. The summed E-state index contributed by atoms with van der Waals surface area (Å²) in [5.41, 5.74) is 1.90. The Labute approximate surface area is 134 Å². The summed E-state index contributed by atoms with van der Waals surface area (Å²) >= 11 is 0. The third-order valence-electron chi connectivity index (χ3n) is 4.62.